The summed E-state index contributed by atoms with van der Waals surface area (Å²) in [6.07, 6.45) is 0.295. The fraction of sp³-hybridized carbons (Fsp3) is 0.360. The fourth-order valence-corrected chi connectivity index (χ4v) is 4.45. The smallest absolute Gasteiger partial charge is 0.311 e. The van der Waals surface area contributed by atoms with Crippen molar-refractivity contribution in [2.75, 3.05) is 0 Å². The average molecular weight is 416 g/mol. The van der Waals surface area contributed by atoms with Crippen LogP contribution in [0, 0.1) is 17.8 Å². The highest BCUT2D eigenvalue weighted by Crippen LogP contribution is 2.44. The molecule has 2 saturated heterocycles. The molecular weight excluding hydrogens is 391 g/mol. The molecule has 158 valence electrons. The van der Waals surface area contributed by atoms with Gasteiger partial charge >= 0.3 is 11.9 Å². The molecule has 0 N–H and O–H groups in total. The molecule has 3 fully saturated rings. The van der Waals surface area contributed by atoms with Crippen molar-refractivity contribution in [2.24, 2.45) is 17.8 Å². The van der Waals surface area contributed by atoms with E-state index in [1.165, 1.54) is 0 Å². The zero-order valence-electron chi connectivity index (χ0n) is 17.3. The van der Waals surface area contributed by atoms with Crippen LogP contribution < -0.4 is 0 Å². The molecule has 3 aliphatic rings. The molecule has 2 bridgehead atoms. The Morgan fingerprint density at radius 3 is 1.94 bits per heavy atom. The maximum atomic E-state index is 13.0. The van der Waals surface area contributed by atoms with Gasteiger partial charge in [-0.05, 0) is 24.0 Å². The second-order valence-electron chi connectivity index (χ2n) is 8.16. The lowest BCUT2D eigenvalue weighted by molar-refractivity contribution is -0.156. The minimum atomic E-state index is -0.701. The van der Waals surface area contributed by atoms with Crippen LogP contribution in [0.3, 0.4) is 0 Å². The zero-order chi connectivity index (χ0) is 21.8. The van der Waals surface area contributed by atoms with Crippen LogP contribution in [0.4, 0.5) is 0 Å². The quantitative estimate of drug-likeness (QED) is 0.410. The molecule has 1 aliphatic carbocycles. The summed E-state index contributed by atoms with van der Waals surface area (Å²) in [6.45, 7) is 4.46. The first kappa shape index (κ1) is 21.4. The molecule has 0 aromatic heterocycles. The Balaban J connectivity index is 1.47. The molecule has 2 aromatic rings. The maximum absolute atomic E-state index is 13.0. The van der Waals surface area contributed by atoms with Crippen LogP contribution in [0.15, 0.2) is 72.8 Å². The molecule has 2 aromatic carbocycles. The molecule has 4 unspecified atom stereocenters. The highest BCUT2D eigenvalue weighted by atomic mass is 16.5. The van der Waals surface area contributed by atoms with Gasteiger partial charge in [-0.25, -0.2) is 0 Å². The van der Waals surface area contributed by atoms with E-state index in [-0.39, 0.29) is 25.6 Å². The molecule has 0 spiro atoms. The van der Waals surface area contributed by atoms with E-state index in [0.29, 0.717) is 6.42 Å². The summed E-state index contributed by atoms with van der Waals surface area (Å²) in [4.78, 5) is 26.0. The number of rotatable bonds is 6. The molecule has 2 aliphatic heterocycles. The Morgan fingerprint density at radius 2 is 1.42 bits per heavy atom. The average Bonchev–Trinajstić information content (AvgIpc) is 3.02. The number of hydrogen-bond donors (Lipinski definition) is 0. The van der Waals surface area contributed by atoms with E-state index in [2.05, 4.69) is 6.58 Å². The summed E-state index contributed by atoms with van der Waals surface area (Å²) in [7, 11) is 6.23. The summed E-state index contributed by atoms with van der Waals surface area (Å²) >= 11 is 0. The molecule has 6 heteroatoms. The predicted octanol–water partition coefficient (Wildman–Crippen LogP) is 3.57. The molecule has 0 amide bonds. The first-order chi connectivity index (χ1) is 15.0. The van der Waals surface area contributed by atoms with Gasteiger partial charge in [0, 0.05) is 11.9 Å². The maximum Gasteiger partial charge on any atom is 0.311 e. The summed E-state index contributed by atoms with van der Waals surface area (Å²) in [6, 6.07) is 18.2. The number of ether oxygens (including phenoxy) is 3. The van der Waals surface area contributed by atoms with E-state index >= 15 is 0 Å². The zero-order valence-corrected chi connectivity index (χ0v) is 17.3. The number of carbonyl (C=O) groups is 2. The normalized spacial score (nSPS) is 27.4. The van der Waals surface area contributed by atoms with E-state index in [4.69, 9.17) is 22.1 Å². The van der Waals surface area contributed by atoms with Crippen molar-refractivity contribution in [1.82, 2.24) is 0 Å². The lowest BCUT2D eigenvalue weighted by Gasteiger charge is -2.36. The van der Waals surface area contributed by atoms with Crippen molar-refractivity contribution in [1.29, 1.82) is 0 Å². The third-order valence-corrected chi connectivity index (χ3v) is 6.06. The summed E-state index contributed by atoms with van der Waals surface area (Å²) in [5.74, 6) is -2.37. The number of fused-ring (bicyclic) bond motifs is 4. The van der Waals surface area contributed by atoms with Crippen LogP contribution in [-0.4, -0.2) is 31.9 Å². The van der Waals surface area contributed by atoms with Crippen molar-refractivity contribution in [3.05, 3.63) is 83.9 Å². The number of carbonyl (C=O) groups excluding carboxylic acids is 2. The van der Waals surface area contributed by atoms with Gasteiger partial charge in [-0.2, -0.15) is 0 Å². The Morgan fingerprint density at radius 1 is 0.903 bits per heavy atom. The summed E-state index contributed by atoms with van der Waals surface area (Å²) in [5, 5.41) is 0. The lowest BCUT2D eigenvalue weighted by atomic mass is 9.73. The number of esters is 2. The van der Waals surface area contributed by atoms with Crippen LogP contribution in [0.5, 0.6) is 0 Å². The van der Waals surface area contributed by atoms with Crippen molar-refractivity contribution in [2.45, 2.75) is 38.2 Å². The highest BCUT2D eigenvalue weighted by molar-refractivity contribution is 6.11. The molecule has 1 saturated carbocycles. The molecule has 5 nitrogen and oxygen atoms in total. The molecule has 31 heavy (non-hydrogen) atoms. The van der Waals surface area contributed by atoms with Crippen LogP contribution in [0.2, 0.25) is 0 Å². The molecule has 5 atom stereocenters. The summed E-state index contributed by atoms with van der Waals surface area (Å²) < 4.78 is 17.1. The van der Waals surface area contributed by atoms with Crippen molar-refractivity contribution in [3.63, 3.8) is 0 Å². The largest absolute Gasteiger partial charge is 0.461 e. The van der Waals surface area contributed by atoms with Gasteiger partial charge in [0.2, 0.25) is 0 Å². The molecule has 2 radical (unpaired) electrons. The standard InChI is InChI=1S/C25H25BO5/c1-16-12-21-19(24(27)29-14-17-8-4-2-5-9-17)13-20(22(16)23(26)31-21)25(28)30-15-18-10-6-3-7-11-18/h2-11,19-23H,1,12-15H2/t19?,20?,21?,22?,23-/m1/s1. The monoisotopic (exact) mass is 416 g/mol. The predicted molar refractivity (Wildman–Crippen MR) is 116 cm³/mol. The second kappa shape index (κ2) is 9.52. The second-order valence-corrected chi connectivity index (χ2v) is 8.16. The highest BCUT2D eigenvalue weighted by Gasteiger charge is 2.50. The fourth-order valence-electron chi connectivity index (χ4n) is 4.45. The van der Waals surface area contributed by atoms with Gasteiger partial charge in [-0.15, -0.1) is 0 Å². The van der Waals surface area contributed by atoms with Gasteiger partial charge < -0.3 is 14.2 Å². The van der Waals surface area contributed by atoms with Crippen molar-refractivity contribution >= 4 is 19.8 Å². The van der Waals surface area contributed by atoms with E-state index in [0.717, 1.165) is 16.7 Å². The molecular formula is C25H25BO5. The Hall–Kier alpha value is -2.86. The molecule has 2 heterocycles. The van der Waals surface area contributed by atoms with E-state index in [1.807, 2.05) is 60.7 Å². The van der Waals surface area contributed by atoms with E-state index in [1.54, 1.807) is 0 Å². The van der Waals surface area contributed by atoms with Gasteiger partial charge in [-0.1, -0.05) is 72.8 Å². The van der Waals surface area contributed by atoms with Crippen LogP contribution in [0.1, 0.15) is 24.0 Å². The minimum Gasteiger partial charge on any atom is -0.461 e. The minimum absolute atomic E-state index is 0.165. The van der Waals surface area contributed by atoms with Crippen LogP contribution >= 0.6 is 0 Å². The SMILES string of the molecule is [B][C@@H]1OC2CC(=C)C1C(C(=O)OCc1ccccc1)CC2C(=O)OCc1ccccc1. The van der Waals surface area contributed by atoms with Gasteiger partial charge in [0.05, 0.1) is 17.9 Å². The Kier molecular flexibility index (Phi) is 6.57. The Labute approximate surface area is 183 Å². The van der Waals surface area contributed by atoms with Crippen LogP contribution in [-0.2, 0) is 37.0 Å². The summed E-state index contributed by atoms with van der Waals surface area (Å²) in [5.41, 5.74) is 2.62. The third-order valence-electron chi connectivity index (χ3n) is 6.06. The topological polar surface area (TPSA) is 61.8 Å². The van der Waals surface area contributed by atoms with Crippen molar-refractivity contribution < 1.29 is 23.8 Å². The first-order valence-corrected chi connectivity index (χ1v) is 10.5. The van der Waals surface area contributed by atoms with Gasteiger partial charge in [-0.3, -0.25) is 9.59 Å². The third kappa shape index (κ3) is 4.91. The number of hydrogen-bond acceptors (Lipinski definition) is 5. The van der Waals surface area contributed by atoms with E-state index in [9.17, 15) is 9.59 Å². The van der Waals surface area contributed by atoms with Crippen LogP contribution in [0.25, 0.3) is 0 Å². The van der Waals surface area contributed by atoms with E-state index < -0.39 is 35.9 Å². The Bertz CT molecular complexity index is 929. The van der Waals surface area contributed by atoms with Crippen molar-refractivity contribution in [3.8, 4) is 0 Å². The van der Waals surface area contributed by atoms with Gasteiger partial charge in [0.15, 0.2) is 0 Å². The first-order valence-electron chi connectivity index (χ1n) is 10.5. The lowest BCUT2D eigenvalue weighted by Crippen LogP contribution is -2.40. The number of benzene rings is 2. The van der Waals surface area contributed by atoms with Gasteiger partial charge in [0.25, 0.3) is 0 Å². The molecule has 5 rings (SSSR count). The van der Waals surface area contributed by atoms with Gasteiger partial charge in [0.1, 0.15) is 21.1 Å².